The molecule has 30 heavy (non-hydrogen) atoms. The fraction of sp³-hybridized carbons (Fsp3) is 0.409. The van der Waals surface area contributed by atoms with Crippen molar-refractivity contribution in [3.05, 3.63) is 46.5 Å². The number of anilines is 1. The molecule has 1 saturated heterocycles. The van der Waals surface area contributed by atoms with Crippen molar-refractivity contribution in [2.45, 2.75) is 33.2 Å². The molecule has 1 fully saturated rings. The molecule has 0 aromatic heterocycles. The molecular weight excluding hydrogens is 402 g/mol. The maximum absolute atomic E-state index is 13.2. The zero-order chi connectivity index (χ0) is 22.1. The zero-order valence-corrected chi connectivity index (χ0v) is 18.2. The largest absolute Gasteiger partial charge is 0.372 e. The molecule has 0 aliphatic carbocycles. The number of amides is 2. The van der Waals surface area contributed by atoms with Crippen LogP contribution in [0.5, 0.6) is 0 Å². The van der Waals surface area contributed by atoms with Gasteiger partial charge in [0.1, 0.15) is 11.6 Å². The van der Waals surface area contributed by atoms with Gasteiger partial charge in [0, 0.05) is 24.4 Å². The van der Waals surface area contributed by atoms with Gasteiger partial charge in [0.2, 0.25) is 0 Å². The molecule has 3 rings (SSSR count). The summed E-state index contributed by atoms with van der Waals surface area (Å²) in [6.07, 6.45) is 1.85. The van der Waals surface area contributed by atoms with E-state index in [9.17, 15) is 23.3 Å². The van der Waals surface area contributed by atoms with Gasteiger partial charge in [0.25, 0.3) is 11.8 Å². The van der Waals surface area contributed by atoms with E-state index in [0.29, 0.717) is 5.57 Å². The molecule has 0 spiro atoms. The minimum absolute atomic E-state index is 0.0643. The topological polar surface area (TPSA) is 98.6 Å². The molecule has 8 heteroatoms. The minimum atomic E-state index is -3.29. The predicted molar refractivity (Wildman–Crippen MR) is 115 cm³/mol. The van der Waals surface area contributed by atoms with Gasteiger partial charge in [0.05, 0.1) is 17.5 Å². The highest BCUT2D eigenvalue weighted by Gasteiger charge is 2.43. The summed E-state index contributed by atoms with van der Waals surface area (Å²) in [6.45, 7) is 7.49. The average molecular weight is 428 g/mol. The number of carbonyl (C=O) groups is 2. The van der Waals surface area contributed by atoms with E-state index < -0.39 is 27.7 Å². The van der Waals surface area contributed by atoms with Gasteiger partial charge in [-0.1, -0.05) is 12.1 Å². The van der Waals surface area contributed by atoms with E-state index in [0.717, 1.165) is 29.2 Å². The first-order valence-corrected chi connectivity index (χ1v) is 11.8. The normalized spacial score (nSPS) is 22.5. The smallest absolute Gasteiger partial charge is 0.271 e. The first-order valence-electron chi connectivity index (χ1n) is 9.98. The SMILES string of the molecule is CCN(CC)c1ccc(/C=C2\C(=O)N([C@H]3CCS(=O)(=O)C3)C(=O)C(C#N)=C2C)cc1. The summed E-state index contributed by atoms with van der Waals surface area (Å²) in [5, 5.41) is 9.50. The molecular formula is C22H25N3O4S. The predicted octanol–water partition coefficient (Wildman–Crippen LogP) is 2.31. The van der Waals surface area contributed by atoms with Crippen molar-refractivity contribution in [3.8, 4) is 6.07 Å². The maximum Gasteiger partial charge on any atom is 0.271 e. The van der Waals surface area contributed by atoms with Gasteiger partial charge < -0.3 is 4.90 Å². The Morgan fingerprint density at radius 2 is 1.80 bits per heavy atom. The van der Waals surface area contributed by atoms with Gasteiger partial charge in [0.15, 0.2) is 9.84 Å². The maximum atomic E-state index is 13.2. The van der Waals surface area contributed by atoms with Crippen LogP contribution < -0.4 is 4.90 Å². The molecule has 1 aromatic rings. The van der Waals surface area contributed by atoms with E-state index in [-0.39, 0.29) is 29.1 Å². The molecule has 1 aromatic carbocycles. The Morgan fingerprint density at radius 3 is 2.30 bits per heavy atom. The molecule has 0 N–H and O–H groups in total. The Balaban J connectivity index is 2.00. The second-order valence-corrected chi connectivity index (χ2v) is 9.70. The van der Waals surface area contributed by atoms with Crippen LogP contribution in [-0.4, -0.2) is 55.8 Å². The molecule has 2 heterocycles. The molecule has 2 aliphatic heterocycles. The second kappa shape index (κ2) is 8.44. The number of nitriles is 1. The van der Waals surface area contributed by atoms with E-state index in [2.05, 4.69) is 18.7 Å². The quantitative estimate of drug-likeness (QED) is 0.528. The van der Waals surface area contributed by atoms with E-state index in [1.165, 1.54) is 0 Å². The minimum Gasteiger partial charge on any atom is -0.372 e. The lowest BCUT2D eigenvalue weighted by molar-refractivity contribution is -0.142. The molecule has 2 aliphatic rings. The number of rotatable bonds is 5. The lowest BCUT2D eigenvalue weighted by atomic mass is 9.92. The summed E-state index contributed by atoms with van der Waals surface area (Å²) in [5.74, 6) is -1.58. The van der Waals surface area contributed by atoms with E-state index >= 15 is 0 Å². The van der Waals surface area contributed by atoms with Crippen molar-refractivity contribution in [3.63, 3.8) is 0 Å². The van der Waals surface area contributed by atoms with Crippen LogP contribution in [-0.2, 0) is 19.4 Å². The number of hydrogen-bond acceptors (Lipinski definition) is 6. The summed E-state index contributed by atoms with van der Waals surface area (Å²) >= 11 is 0. The highest BCUT2D eigenvalue weighted by molar-refractivity contribution is 7.91. The van der Waals surface area contributed by atoms with Crippen LogP contribution in [0.1, 0.15) is 32.8 Å². The standard InChI is InChI=1S/C22H25N3O4S/c1-4-24(5-2)17-8-6-16(7-9-17)12-19-15(3)20(13-23)22(27)25(21(19)26)18-10-11-30(28,29)14-18/h6-9,12,18H,4-5,10-11,14H2,1-3H3/b19-12-/t18-/m0/s1. The number of sulfone groups is 1. The van der Waals surface area contributed by atoms with Crippen LogP contribution in [0.3, 0.4) is 0 Å². The van der Waals surface area contributed by atoms with Crippen molar-refractivity contribution in [1.29, 1.82) is 5.26 Å². The first-order chi connectivity index (χ1) is 14.2. The van der Waals surface area contributed by atoms with Crippen LogP contribution in [0.4, 0.5) is 5.69 Å². The van der Waals surface area contributed by atoms with Crippen LogP contribution in [0.2, 0.25) is 0 Å². The molecule has 1 atom stereocenters. The van der Waals surface area contributed by atoms with Gasteiger partial charge in [-0.2, -0.15) is 5.26 Å². The van der Waals surface area contributed by atoms with Gasteiger partial charge in [-0.05, 0) is 56.5 Å². The fourth-order valence-corrected chi connectivity index (χ4v) is 5.65. The highest BCUT2D eigenvalue weighted by atomic mass is 32.2. The molecule has 2 amide bonds. The Morgan fingerprint density at radius 1 is 1.17 bits per heavy atom. The Hall–Kier alpha value is -2.92. The highest BCUT2D eigenvalue weighted by Crippen LogP contribution is 2.31. The van der Waals surface area contributed by atoms with Crippen LogP contribution in [0.25, 0.3) is 6.08 Å². The summed E-state index contributed by atoms with van der Waals surface area (Å²) < 4.78 is 23.8. The summed E-state index contributed by atoms with van der Waals surface area (Å²) in [4.78, 5) is 29.1. The summed E-state index contributed by atoms with van der Waals surface area (Å²) in [6, 6.07) is 8.85. The Bertz CT molecular complexity index is 1070. The lowest BCUT2D eigenvalue weighted by Crippen LogP contribution is -2.49. The third-order valence-electron chi connectivity index (χ3n) is 5.68. The molecule has 0 bridgehead atoms. The van der Waals surface area contributed by atoms with Crippen LogP contribution in [0, 0.1) is 11.3 Å². The van der Waals surface area contributed by atoms with E-state index in [1.807, 2.05) is 30.3 Å². The van der Waals surface area contributed by atoms with Crippen molar-refractivity contribution >= 4 is 33.4 Å². The number of benzene rings is 1. The van der Waals surface area contributed by atoms with Crippen molar-refractivity contribution in [1.82, 2.24) is 4.90 Å². The Kier molecular flexibility index (Phi) is 6.13. The fourth-order valence-electron chi connectivity index (χ4n) is 3.95. The van der Waals surface area contributed by atoms with Crippen LogP contribution in [0.15, 0.2) is 41.0 Å². The first kappa shape index (κ1) is 21.8. The van der Waals surface area contributed by atoms with Crippen molar-refractivity contribution in [2.75, 3.05) is 29.5 Å². The van der Waals surface area contributed by atoms with E-state index in [1.54, 1.807) is 13.0 Å². The van der Waals surface area contributed by atoms with Gasteiger partial charge in [-0.25, -0.2) is 8.42 Å². The second-order valence-electron chi connectivity index (χ2n) is 7.47. The zero-order valence-electron chi connectivity index (χ0n) is 17.4. The van der Waals surface area contributed by atoms with Gasteiger partial charge in [-0.3, -0.25) is 14.5 Å². The molecule has 0 saturated carbocycles. The van der Waals surface area contributed by atoms with Gasteiger partial charge in [-0.15, -0.1) is 0 Å². The van der Waals surface area contributed by atoms with E-state index in [4.69, 9.17) is 0 Å². The molecule has 0 unspecified atom stereocenters. The Labute approximate surface area is 177 Å². The molecule has 158 valence electrons. The lowest BCUT2D eigenvalue weighted by Gasteiger charge is -2.31. The van der Waals surface area contributed by atoms with Crippen molar-refractivity contribution in [2.24, 2.45) is 0 Å². The number of hydrogen-bond donors (Lipinski definition) is 0. The summed E-state index contributed by atoms with van der Waals surface area (Å²) in [7, 11) is -3.29. The molecule has 0 radical (unpaired) electrons. The third kappa shape index (κ3) is 4.03. The number of imide groups is 1. The number of nitrogens with zero attached hydrogens (tertiary/aromatic N) is 3. The summed E-state index contributed by atoms with van der Waals surface area (Å²) in [5.41, 5.74) is 2.27. The van der Waals surface area contributed by atoms with Gasteiger partial charge >= 0.3 is 0 Å². The third-order valence-corrected chi connectivity index (χ3v) is 7.43. The number of carbonyl (C=O) groups excluding carboxylic acids is 2. The molecule has 7 nitrogen and oxygen atoms in total. The van der Waals surface area contributed by atoms with Crippen LogP contribution >= 0.6 is 0 Å². The average Bonchev–Trinajstić information content (AvgIpc) is 3.07. The monoisotopic (exact) mass is 427 g/mol. The van der Waals surface area contributed by atoms with Crippen molar-refractivity contribution < 1.29 is 18.0 Å².